The number of nitrogens with zero attached hydrogens (tertiary/aromatic N) is 3. The van der Waals surface area contributed by atoms with Crippen molar-refractivity contribution in [2.45, 2.75) is 6.04 Å². The number of aliphatic hydroxyl groups is 1. The number of anilines is 2. The fourth-order valence-corrected chi connectivity index (χ4v) is 3.88. The SMILES string of the molecule is CN(C)c1ccc(N2C(=O)C(=O)/C(=C(\O)c3cccc([N+](=O)[O-])c3)C2c2ccccc2)cc1. The maximum Gasteiger partial charge on any atom is 0.300 e. The van der Waals surface area contributed by atoms with E-state index in [-0.39, 0.29) is 16.8 Å². The van der Waals surface area contributed by atoms with E-state index in [2.05, 4.69) is 0 Å². The summed E-state index contributed by atoms with van der Waals surface area (Å²) < 4.78 is 0. The van der Waals surface area contributed by atoms with Crippen molar-refractivity contribution >= 4 is 34.5 Å². The molecule has 3 aromatic carbocycles. The summed E-state index contributed by atoms with van der Waals surface area (Å²) >= 11 is 0. The molecule has 1 fully saturated rings. The highest BCUT2D eigenvalue weighted by Crippen LogP contribution is 2.42. The van der Waals surface area contributed by atoms with Crippen molar-refractivity contribution in [2.75, 3.05) is 23.9 Å². The standard InChI is InChI=1S/C25H21N3O5/c1-26(2)18-11-13-19(14-12-18)27-22(16-7-4-3-5-8-16)21(24(30)25(27)31)23(29)17-9-6-10-20(15-17)28(32)33/h3-15,22,29H,1-2H3/b23-21-. The molecule has 1 saturated heterocycles. The van der Waals surface area contributed by atoms with Crippen LogP contribution in [0.2, 0.25) is 0 Å². The maximum atomic E-state index is 13.1. The Labute approximate surface area is 190 Å². The maximum absolute atomic E-state index is 13.1. The number of benzene rings is 3. The van der Waals surface area contributed by atoms with Crippen molar-refractivity contribution in [3.8, 4) is 0 Å². The van der Waals surface area contributed by atoms with Crippen LogP contribution in [0.25, 0.3) is 5.76 Å². The third-order valence-electron chi connectivity index (χ3n) is 5.53. The second-order valence-corrected chi connectivity index (χ2v) is 7.80. The van der Waals surface area contributed by atoms with Gasteiger partial charge in [-0.05, 0) is 29.8 Å². The Morgan fingerprint density at radius 2 is 1.64 bits per heavy atom. The molecule has 1 N–H and O–H groups in total. The Balaban J connectivity index is 1.90. The van der Waals surface area contributed by atoms with Crippen molar-refractivity contribution < 1.29 is 19.6 Å². The van der Waals surface area contributed by atoms with E-state index in [9.17, 15) is 24.8 Å². The molecular weight excluding hydrogens is 422 g/mol. The average Bonchev–Trinajstić information content (AvgIpc) is 3.09. The van der Waals surface area contributed by atoms with Crippen molar-refractivity contribution in [3.63, 3.8) is 0 Å². The van der Waals surface area contributed by atoms with Gasteiger partial charge < -0.3 is 10.0 Å². The minimum Gasteiger partial charge on any atom is -0.507 e. The number of carbonyl (C=O) groups is 2. The number of aliphatic hydroxyl groups excluding tert-OH is 1. The number of Topliss-reactive ketones (excluding diaryl/α,β-unsaturated/α-hetero) is 1. The number of nitro benzene ring substituents is 1. The van der Waals surface area contributed by atoms with Crippen LogP contribution in [0.15, 0.2) is 84.4 Å². The van der Waals surface area contributed by atoms with E-state index in [1.165, 1.54) is 29.2 Å². The first kappa shape index (κ1) is 21.8. The zero-order chi connectivity index (χ0) is 23.7. The van der Waals surface area contributed by atoms with E-state index in [0.717, 1.165) is 5.69 Å². The Hall–Kier alpha value is -4.46. The molecule has 0 saturated carbocycles. The molecule has 1 unspecified atom stereocenters. The molecule has 1 atom stereocenters. The van der Waals surface area contributed by atoms with Crippen LogP contribution >= 0.6 is 0 Å². The minimum atomic E-state index is -0.893. The highest BCUT2D eigenvalue weighted by molar-refractivity contribution is 6.51. The molecule has 1 amide bonds. The Kier molecular flexibility index (Phi) is 5.66. The van der Waals surface area contributed by atoms with Crippen molar-refractivity contribution in [2.24, 2.45) is 0 Å². The molecule has 1 heterocycles. The molecule has 0 aliphatic carbocycles. The van der Waals surface area contributed by atoms with Gasteiger partial charge in [0.15, 0.2) is 0 Å². The van der Waals surface area contributed by atoms with Gasteiger partial charge in [0.05, 0.1) is 16.5 Å². The first-order valence-electron chi connectivity index (χ1n) is 10.2. The lowest BCUT2D eigenvalue weighted by Gasteiger charge is -2.26. The van der Waals surface area contributed by atoms with Crippen LogP contribution in [0.1, 0.15) is 17.2 Å². The van der Waals surface area contributed by atoms with Crippen LogP contribution < -0.4 is 9.80 Å². The van der Waals surface area contributed by atoms with E-state index >= 15 is 0 Å². The second kappa shape index (κ2) is 8.58. The fraction of sp³-hybridized carbons (Fsp3) is 0.120. The topological polar surface area (TPSA) is 104 Å². The lowest BCUT2D eigenvalue weighted by molar-refractivity contribution is -0.384. The first-order valence-corrected chi connectivity index (χ1v) is 10.2. The molecule has 4 rings (SSSR count). The number of nitro groups is 1. The van der Waals surface area contributed by atoms with Gasteiger partial charge in [-0.1, -0.05) is 42.5 Å². The Bertz CT molecular complexity index is 1270. The molecule has 0 aromatic heterocycles. The van der Waals surface area contributed by atoms with Crippen molar-refractivity contribution in [1.29, 1.82) is 0 Å². The third kappa shape index (κ3) is 3.94. The molecule has 33 heavy (non-hydrogen) atoms. The molecular formula is C25H21N3O5. The highest BCUT2D eigenvalue weighted by Gasteiger charge is 2.47. The summed E-state index contributed by atoms with van der Waals surface area (Å²) in [6.45, 7) is 0. The van der Waals surface area contributed by atoms with Gasteiger partial charge in [0.2, 0.25) is 0 Å². The smallest absolute Gasteiger partial charge is 0.300 e. The summed E-state index contributed by atoms with van der Waals surface area (Å²) in [5, 5.41) is 22.3. The predicted octanol–water partition coefficient (Wildman–Crippen LogP) is 4.29. The summed E-state index contributed by atoms with van der Waals surface area (Å²) in [6, 6.07) is 20.5. The van der Waals surface area contributed by atoms with E-state index in [1.807, 2.05) is 37.2 Å². The van der Waals surface area contributed by atoms with Crippen LogP contribution in [-0.2, 0) is 9.59 Å². The molecule has 8 heteroatoms. The number of ketones is 1. The van der Waals surface area contributed by atoms with E-state index in [1.54, 1.807) is 36.4 Å². The summed E-state index contributed by atoms with van der Waals surface area (Å²) in [4.78, 5) is 40.1. The van der Waals surface area contributed by atoms with Crippen LogP contribution in [0, 0.1) is 10.1 Å². The normalized spacial score (nSPS) is 17.3. The van der Waals surface area contributed by atoms with Crippen LogP contribution in [0.3, 0.4) is 0 Å². The molecule has 0 radical (unpaired) electrons. The molecule has 0 bridgehead atoms. The van der Waals surface area contributed by atoms with Gasteiger partial charge in [0, 0.05) is 43.2 Å². The number of non-ortho nitro benzene ring substituents is 1. The number of amides is 1. The number of hydrogen-bond acceptors (Lipinski definition) is 6. The molecule has 1 aliphatic heterocycles. The summed E-state index contributed by atoms with van der Waals surface area (Å²) in [5.74, 6) is -2.10. The van der Waals surface area contributed by atoms with Crippen LogP contribution in [0.5, 0.6) is 0 Å². The highest BCUT2D eigenvalue weighted by atomic mass is 16.6. The van der Waals surface area contributed by atoms with Gasteiger partial charge in [-0.2, -0.15) is 0 Å². The van der Waals surface area contributed by atoms with Crippen LogP contribution in [0.4, 0.5) is 17.1 Å². The minimum absolute atomic E-state index is 0.0890. The van der Waals surface area contributed by atoms with Crippen LogP contribution in [-0.4, -0.2) is 35.8 Å². The van der Waals surface area contributed by atoms with Gasteiger partial charge >= 0.3 is 0 Å². The number of rotatable bonds is 5. The molecule has 1 aliphatic rings. The lowest BCUT2D eigenvalue weighted by Crippen LogP contribution is -2.29. The Morgan fingerprint density at radius 1 is 0.970 bits per heavy atom. The summed E-state index contributed by atoms with van der Waals surface area (Å²) in [6.07, 6.45) is 0. The second-order valence-electron chi connectivity index (χ2n) is 7.80. The number of hydrogen-bond donors (Lipinski definition) is 1. The summed E-state index contributed by atoms with van der Waals surface area (Å²) in [7, 11) is 3.79. The lowest BCUT2D eigenvalue weighted by atomic mass is 9.95. The van der Waals surface area contributed by atoms with Crippen molar-refractivity contribution in [1.82, 2.24) is 0 Å². The van der Waals surface area contributed by atoms with E-state index in [0.29, 0.717) is 11.3 Å². The Morgan fingerprint density at radius 3 is 2.24 bits per heavy atom. The third-order valence-corrected chi connectivity index (χ3v) is 5.53. The molecule has 8 nitrogen and oxygen atoms in total. The van der Waals surface area contributed by atoms with Gasteiger partial charge in [-0.25, -0.2) is 0 Å². The predicted molar refractivity (Wildman–Crippen MR) is 125 cm³/mol. The quantitative estimate of drug-likeness (QED) is 0.207. The zero-order valence-electron chi connectivity index (χ0n) is 18.0. The van der Waals surface area contributed by atoms with Crippen molar-refractivity contribution in [3.05, 3.63) is 106 Å². The number of carbonyl (C=O) groups excluding carboxylic acids is 2. The first-order chi connectivity index (χ1) is 15.8. The fourth-order valence-electron chi connectivity index (χ4n) is 3.88. The molecule has 0 spiro atoms. The molecule has 166 valence electrons. The van der Waals surface area contributed by atoms with E-state index < -0.39 is 28.4 Å². The van der Waals surface area contributed by atoms with E-state index in [4.69, 9.17) is 0 Å². The zero-order valence-corrected chi connectivity index (χ0v) is 18.0. The van der Waals surface area contributed by atoms with Gasteiger partial charge in [0.25, 0.3) is 17.4 Å². The van der Waals surface area contributed by atoms with Gasteiger partial charge in [0.1, 0.15) is 5.76 Å². The largest absolute Gasteiger partial charge is 0.507 e. The summed E-state index contributed by atoms with van der Waals surface area (Å²) in [5.41, 5.74) is 1.77. The van der Waals surface area contributed by atoms with Gasteiger partial charge in [-0.3, -0.25) is 24.6 Å². The van der Waals surface area contributed by atoms with Gasteiger partial charge in [-0.15, -0.1) is 0 Å². The average molecular weight is 443 g/mol. The monoisotopic (exact) mass is 443 g/mol. The molecule has 3 aromatic rings.